The van der Waals surface area contributed by atoms with Gasteiger partial charge in [0.25, 0.3) is 5.95 Å². The molecule has 1 amide bonds. The van der Waals surface area contributed by atoms with E-state index in [2.05, 4.69) is 39.1 Å². The summed E-state index contributed by atoms with van der Waals surface area (Å²) in [5, 5.41) is 15.5. The highest BCUT2D eigenvalue weighted by Crippen LogP contribution is 2.35. The highest BCUT2D eigenvalue weighted by molar-refractivity contribution is 5.89. The molecule has 7 nitrogen and oxygen atoms in total. The van der Waals surface area contributed by atoms with Crippen LogP contribution >= 0.6 is 0 Å². The molecule has 0 radical (unpaired) electrons. The van der Waals surface area contributed by atoms with Gasteiger partial charge in [-0.25, -0.2) is 0 Å². The van der Waals surface area contributed by atoms with Crippen LogP contribution in [-0.4, -0.2) is 32.7 Å². The standard InChI is InChI=1S/C26H24N6O/c1-19-10-8-9-15-22(19)17-27-25(33)18-31-23(20-11-4-2-5-12-20)16-24(21-13-6-3-7-14-21)32-26(31)28-29-30-32/h2-16,24H,17-18H2,1H3,(H,27,33). The van der Waals surface area contributed by atoms with Gasteiger partial charge in [-0.3, -0.25) is 9.69 Å². The number of anilines is 1. The van der Waals surface area contributed by atoms with Gasteiger partial charge in [-0.1, -0.05) is 90.0 Å². The summed E-state index contributed by atoms with van der Waals surface area (Å²) in [4.78, 5) is 14.9. The summed E-state index contributed by atoms with van der Waals surface area (Å²) in [6, 6.07) is 28.0. The van der Waals surface area contributed by atoms with Gasteiger partial charge in [0, 0.05) is 6.54 Å². The first-order valence-corrected chi connectivity index (χ1v) is 10.9. The molecular formula is C26H24N6O. The zero-order valence-electron chi connectivity index (χ0n) is 18.3. The second-order valence-electron chi connectivity index (χ2n) is 7.99. The van der Waals surface area contributed by atoms with Gasteiger partial charge in [-0.15, -0.1) is 0 Å². The zero-order chi connectivity index (χ0) is 22.6. The van der Waals surface area contributed by atoms with Crippen LogP contribution in [0.3, 0.4) is 0 Å². The third-order valence-electron chi connectivity index (χ3n) is 5.84. The van der Waals surface area contributed by atoms with E-state index in [4.69, 9.17) is 0 Å². The number of tetrazole rings is 1. The molecule has 7 heteroatoms. The Morgan fingerprint density at radius 2 is 1.64 bits per heavy atom. The Bertz CT molecular complexity index is 1280. The van der Waals surface area contributed by atoms with Crippen LogP contribution in [0.1, 0.15) is 28.3 Å². The molecule has 1 aliphatic rings. The molecule has 1 unspecified atom stereocenters. The maximum Gasteiger partial charge on any atom is 0.251 e. The molecule has 0 fully saturated rings. The zero-order valence-corrected chi connectivity index (χ0v) is 18.3. The summed E-state index contributed by atoms with van der Waals surface area (Å²) in [6.45, 7) is 2.62. The summed E-state index contributed by atoms with van der Waals surface area (Å²) in [7, 11) is 0. The third-order valence-corrected chi connectivity index (χ3v) is 5.84. The fraction of sp³-hybridized carbons (Fsp3) is 0.154. The lowest BCUT2D eigenvalue weighted by Gasteiger charge is -2.32. The van der Waals surface area contributed by atoms with E-state index < -0.39 is 0 Å². The fourth-order valence-corrected chi connectivity index (χ4v) is 4.07. The van der Waals surface area contributed by atoms with Crippen molar-refractivity contribution in [3.05, 3.63) is 113 Å². The number of hydrogen-bond acceptors (Lipinski definition) is 5. The number of carbonyl (C=O) groups is 1. The van der Waals surface area contributed by atoms with Crippen molar-refractivity contribution in [1.82, 2.24) is 25.5 Å². The first-order valence-electron chi connectivity index (χ1n) is 10.9. The summed E-state index contributed by atoms with van der Waals surface area (Å²) in [6.07, 6.45) is 2.11. The first kappa shape index (κ1) is 20.6. The van der Waals surface area contributed by atoms with Gasteiger partial charge in [0.2, 0.25) is 5.91 Å². The second kappa shape index (κ2) is 9.08. The van der Waals surface area contributed by atoms with Gasteiger partial charge in [0.1, 0.15) is 12.6 Å². The quantitative estimate of drug-likeness (QED) is 0.498. The van der Waals surface area contributed by atoms with Crippen LogP contribution in [0.25, 0.3) is 5.70 Å². The Kier molecular flexibility index (Phi) is 5.68. The van der Waals surface area contributed by atoms with E-state index in [-0.39, 0.29) is 18.5 Å². The highest BCUT2D eigenvalue weighted by atomic mass is 16.2. The number of nitrogens with zero attached hydrogens (tertiary/aromatic N) is 5. The lowest BCUT2D eigenvalue weighted by atomic mass is 10.0. The average molecular weight is 437 g/mol. The van der Waals surface area contributed by atoms with Gasteiger partial charge < -0.3 is 5.32 Å². The smallest absolute Gasteiger partial charge is 0.251 e. The molecule has 33 heavy (non-hydrogen) atoms. The van der Waals surface area contributed by atoms with Crippen LogP contribution in [0.5, 0.6) is 0 Å². The maximum atomic E-state index is 13.0. The van der Waals surface area contributed by atoms with Crippen LogP contribution in [-0.2, 0) is 11.3 Å². The van der Waals surface area contributed by atoms with Crippen LogP contribution in [0.15, 0.2) is 91.0 Å². The maximum absolute atomic E-state index is 13.0. The molecular weight excluding hydrogens is 412 g/mol. The molecule has 1 aliphatic heterocycles. The van der Waals surface area contributed by atoms with Gasteiger partial charge in [0.05, 0.1) is 5.70 Å². The van der Waals surface area contributed by atoms with Crippen molar-refractivity contribution < 1.29 is 4.79 Å². The SMILES string of the molecule is Cc1ccccc1CNC(=O)CN1C(c2ccccc2)=CC(c2ccccc2)n2nnnc21. The monoisotopic (exact) mass is 436 g/mol. The Labute approximate surface area is 192 Å². The number of carbonyl (C=O) groups excluding carboxylic acids is 1. The largest absolute Gasteiger partial charge is 0.350 e. The molecule has 0 saturated carbocycles. The number of fused-ring (bicyclic) bond motifs is 1. The molecule has 1 atom stereocenters. The van der Waals surface area contributed by atoms with Crippen LogP contribution in [0.4, 0.5) is 5.95 Å². The molecule has 0 saturated heterocycles. The molecule has 1 N–H and O–H groups in total. The number of hydrogen-bond donors (Lipinski definition) is 1. The number of benzene rings is 3. The van der Waals surface area contributed by atoms with E-state index in [9.17, 15) is 4.79 Å². The minimum Gasteiger partial charge on any atom is -0.350 e. The van der Waals surface area contributed by atoms with Crippen molar-refractivity contribution in [2.24, 2.45) is 0 Å². The number of aromatic nitrogens is 4. The van der Waals surface area contributed by atoms with E-state index in [1.54, 1.807) is 4.68 Å². The molecule has 1 aromatic heterocycles. The Hall–Kier alpha value is -4.26. The average Bonchev–Trinajstić information content (AvgIpc) is 3.35. The van der Waals surface area contributed by atoms with Gasteiger partial charge in [0.15, 0.2) is 0 Å². The minimum absolute atomic E-state index is 0.104. The second-order valence-corrected chi connectivity index (χ2v) is 7.99. The molecule has 164 valence electrons. The summed E-state index contributed by atoms with van der Waals surface area (Å²) in [5.41, 5.74) is 5.22. The molecule has 0 aliphatic carbocycles. The summed E-state index contributed by atoms with van der Waals surface area (Å²) < 4.78 is 1.76. The number of aryl methyl sites for hydroxylation is 1. The normalized spacial score (nSPS) is 15.0. The molecule has 4 aromatic rings. The number of nitrogens with one attached hydrogen (secondary N) is 1. The lowest BCUT2D eigenvalue weighted by molar-refractivity contribution is -0.119. The predicted octanol–water partition coefficient (Wildman–Crippen LogP) is 3.75. The minimum atomic E-state index is -0.169. The third kappa shape index (κ3) is 4.25. The Balaban J connectivity index is 1.46. The van der Waals surface area contributed by atoms with Gasteiger partial charge in [-0.2, -0.15) is 4.68 Å². The van der Waals surface area contributed by atoms with Crippen molar-refractivity contribution in [3.8, 4) is 0 Å². The van der Waals surface area contributed by atoms with E-state index in [0.717, 1.165) is 28.0 Å². The first-order chi connectivity index (χ1) is 16.2. The lowest BCUT2D eigenvalue weighted by Crippen LogP contribution is -2.40. The van der Waals surface area contributed by atoms with Crippen LogP contribution < -0.4 is 10.2 Å². The van der Waals surface area contributed by atoms with E-state index >= 15 is 0 Å². The van der Waals surface area contributed by atoms with Crippen LogP contribution in [0, 0.1) is 6.92 Å². The van der Waals surface area contributed by atoms with Gasteiger partial charge >= 0.3 is 0 Å². The summed E-state index contributed by atoms with van der Waals surface area (Å²) in [5.74, 6) is 0.434. The predicted molar refractivity (Wildman–Crippen MR) is 127 cm³/mol. The number of allylic oxidation sites excluding steroid dienone is 1. The molecule has 2 heterocycles. The number of rotatable bonds is 6. The van der Waals surface area contributed by atoms with Crippen molar-refractivity contribution in [1.29, 1.82) is 0 Å². The Morgan fingerprint density at radius 1 is 0.939 bits per heavy atom. The van der Waals surface area contributed by atoms with E-state index in [1.165, 1.54) is 0 Å². The summed E-state index contributed by atoms with van der Waals surface area (Å²) >= 11 is 0. The van der Waals surface area contributed by atoms with E-state index in [0.29, 0.717) is 12.5 Å². The molecule has 5 rings (SSSR count). The topological polar surface area (TPSA) is 75.9 Å². The van der Waals surface area contributed by atoms with Crippen molar-refractivity contribution in [2.75, 3.05) is 11.4 Å². The number of amides is 1. The fourth-order valence-electron chi connectivity index (χ4n) is 4.07. The molecule has 0 spiro atoms. The van der Waals surface area contributed by atoms with Crippen molar-refractivity contribution in [3.63, 3.8) is 0 Å². The Morgan fingerprint density at radius 3 is 2.39 bits per heavy atom. The molecule has 0 bridgehead atoms. The van der Waals surface area contributed by atoms with Crippen LogP contribution in [0.2, 0.25) is 0 Å². The van der Waals surface area contributed by atoms with Crippen molar-refractivity contribution in [2.45, 2.75) is 19.5 Å². The van der Waals surface area contributed by atoms with Crippen molar-refractivity contribution >= 4 is 17.6 Å². The molecule has 3 aromatic carbocycles. The van der Waals surface area contributed by atoms with Gasteiger partial charge in [-0.05, 0) is 45.7 Å². The highest BCUT2D eigenvalue weighted by Gasteiger charge is 2.31. The van der Waals surface area contributed by atoms with E-state index in [1.807, 2.05) is 84.6 Å².